The van der Waals surface area contributed by atoms with Gasteiger partial charge in [0.2, 0.25) is 5.78 Å². The average molecular weight is 313 g/mol. The maximum absolute atomic E-state index is 12.6. The number of carbonyl (C=O) groups is 2. The van der Waals surface area contributed by atoms with E-state index in [1.165, 1.54) is 0 Å². The van der Waals surface area contributed by atoms with Crippen LogP contribution in [0.1, 0.15) is 55.1 Å². The molecule has 1 aromatic rings. The molecule has 0 spiro atoms. The molecule has 122 valence electrons. The number of rotatable bonds is 5. The van der Waals surface area contributed by atoms with E-state index in [1.54, 1.807) is 18.2 Å². The molecule has 1 aliphatic rings. The smallest absolute Gasteiger partial charge is 0.252 e. The van der Waals surface area contributed by atoms with Crippen LogP contribution >= 0.6 is 0 Å². The molecule has 0 saturated heterocycles. The van der Waals surface area contributed by atoms with Gasteiger partial charge in [-0.1, -0.05) is 38.7 Å². The molecule has 0 unspecified atom stereocenters. The maximum atomic E-state index is 12.6. The molecule has 5 nitrogen and oxygen atoms in total. The number of aromatic nitrogens is 2. The lowest BCUT2D eigenvalue weighted by atomic mass is 9.88. The van der Waals surface area contributed by atoms with Gasteiger partial charge in [-0.05, 0) is 19.9 Å². The van der Waals surface area contributed by atoms with Crippen molar-refractivity contribution in [3.8, 4) is 0 Å². The van der Waals surface area contributed by atoms with Crippen LogP contribution in [-0.4, -0.2) is 27.7 Å². The summed E-state index contributed by atoms with van der Waals surface area (Å²) < 4.78 is 1.84. The van der Waals surface area contributed by atoms with Gasteiger partial charge in [0.25, 0.3) is 5.78 Å². The molecule has 5 heteroatoms. The lowest BCUT2D eigenvalue weighted by Gasteiger charge is -2.17. The molecule has 0 amide bonds. The lowest BCUT2D eigenvalue weighted by molar-refractivity contribution is -0.111. The minimum atomic E-state index is -0.523. The zero-order valence-electron chi connectivity index (χ0n) is 13.9. The largest absolute Gasteiger partial charge is 0.330 e. The van der Waals surface area contributed by atoms with Gasteiger partial charge in [-0.2, -0.15) is 0 Å². The van der Waals surface area contributed by atoms with Crippen molar-refractivity contribution in [3.63, 3.8) is 0 Å². The number of ketones is 2. The second-order valence-corrected chi connectivity index (χ2v) is 5.86. The summed E-state index contributed by atoms with van der Waals surface area (Å²) in [6.07, 6.45) is 5.87. The first-order valence-corrected chi connectivity index (χ1v) is 7.86. The fourth-order valence-corrected chi connectivity index (χ4v) is 2.69. The first-order chi connectivity index (χ1) is 10.9. The third-order valence-electron chi connectivity index (χ3n) is 3.83. The molecule has 2 rings (SSSR count). The Balaban J connectivity index is 2.65. The second-order valence-electron chi connectivity index (χ2n) is 5.86. The molecule has 0 fully saturated rings. The highest BCUT2D eigenvalue weighted by molar-refractivity contribution is 6.54. The van der Waals surface area contributed by atoms with Crippen molar-refractivity contribution in [1.82, 2.24) is 9.55 Å². The summed E-state index contributed by atoms with van der Waals surface area (Å²) in [5.41, 5.74) is 7.30. The van der Waals surface area contributed by atoms with Crippen molar-refractivity contribution in [2.75, 3.05) is 6.54 Å². The molecular weight excluding hydrogens is 290 g/mol. The second kappa shape index (κ2) is 6.87. The third kappa shape index (κ3) is 2.97. The van der Waals surface area contributed by atoms with E-state index in [0.29, 0.717) is 35.6 Å². The van der Waals surface area contributed by atoms with Gasteiger partial charge in [-0.15, -0.1) is 0 Å². The summed E-state index contributed by atoms with van der Waals surface area (Å²) in [6.45, 7) is 11.0. The van der Waals surface area contributed by atoms with Crippen LogP contribution in [0, 0.1) is 0 Å². The predicted octanol–water partition coefficient (Wildman–Crippen LogP) is 2.64. The molecular formula is C18H23N3O2. The van der Waals surface area contributed by atoms with E-state index in [-0.39, 0.29) is 5.92 Å². The van der Waals surface area contributed by atoms with Crippen LogP contribution in [0.3, 0.4) is 0 Å². The number of carbonyl (C=O) groups excluding carboxylic acids is 2. The Morgan fingerprint density at radius 2 is 2.00 bits per heavy atom. The number of fused-ring (bicyclic) bond motifs is 1. The molecule has 23 heavy (non-hydrogen) atoms. The van der Waals surface area contributed by atoms with E-state index in [1.807, 2.05) is 25.3 Å². The van der Waals surface area contributed by atoms with E-state index in [2.05, 4.69) is 11.6 Å². The number of nitrogens with two attached hydrogens (primary N) is 1. The van der Waals surface area contributed by atoms with E-state index < -0.39 is 11.6 Å². The fourth-order valence-electron chi connectivity index (χ4n) is 2.69. The highest BCUT2D eigenvalue weighted by Gasteiger charge is 2.37. The maximum Gasteiger partial charge on any atom is 0.252 e. The number of nitrogens with zero attached hydrogens (tertiary/aromatic N) is 2. The molecule has 0 saturated carbocycles. The molecule has 0 radical (unpaired) electrons. The summed E-state index contributed by atoms with van der Waals surface area (Å²) in [5.74, 6) is -0.112. The van der Waals surface area contributed by atoms with Crippen LogP contribution in [0.5, 0.6) is 0 Å². The van der Waals surface area contributed by atoms with Gasteiger partial charge in [0.05, 0.1) is 0 Å². The van der Waals surface area contributed by atoms with Crippen molar-refractivity contribution in [1.29, 1.82) is 0 Å². The van der Waals surface area contributed by atoms with Gasteiger partial charge < -0.3 is 10.3 Å². The Morgan fingerprint density at radius 1 is 1.30 bits per heavy atom. The summed E-state index contributed by atoms with van der Waals surface area (Å²) in [4.78, 5) is 29.7. The van der Waals surface area contributed by atoms with Crippen LogP contribution in [0.15, 0.2) is 30.4 Å². The fraction of sp³-hybridized carbons (Fsp3) is 0.389. The number of Topliss-reactive ketones (excluding diaryl/α,β-unsaturated/α-hetero) is 2. The van der Waals surface area contributed by atoms with Crippen LogP contribution in [0.2, 0.25) is 0 Å². The SMILES string of the molecule is C=C1/C(=C\C=C/C)C(=O)C(=O)c2c1nc(C(C)C)n2CCCN. The monoisotopic (exact) mass is 313 g/mol. The molecule has 1 aliphatic carbocycles. The van der Waals surface area contributed by atoms with Crippen LogP contribution in [0.25, 0.3) is 5.57 Å². The normalized spacial score (nSPS) is 16.9. The molecule has 0 aromatic carbocycles. The molecule has 1 heterocycles. The topological polar surface area (TPSA) is 78.0 Å². The lowest BCUT2D eigenvalue weighted by Crippen LogP contribution is -2.27. The van der Waals surface area contributed by atoms with Gasteiger partial charge in [-0.3, -0.25) is 9.59 Å². The van der Waals surface area contributed by atoms with E-state index in [0.717, 1.165) is 12.2 Å². The van der Waals surface area contributed by atoms with E-state index in [4.69, 9.17) is 5.73 Å². The highest BCUT2D eigenvalue weighted by atomic mass is 16.2. The molecule has 1 aromatic heterocycles. The first kappa shape index (κ1) is 17.1. The van der Waals surface area contributed by atoms with Gasteiger partial charge >= 0.3 is 0 Å². The zero-order chi connectivity index (χ0) is 17.1. The Kier molecular flexibility index (Phi) is 5.11. The summed E-state index contributed by atoms with van der Waals surface area (Å²) >= 11 is 0. The minimum Gasteiger partial charge on any atom is -0.330 e. The number of hydrogen-bond acceptors (Lipinski definition) is 4. The quantitative estimate of drug-likeness (QED) is 0.669. The van der Waals surface area contributed by atoms with Gasteiger partial charge in [0.15, 0.2) is 0 Å². The average Bonchev–Trinajstić information content (AvgIpc) is 2.90. The Labute approximate surface area is 136 Å². The minimum absolute atomic E-state index is 0.136. The molecule has 2 N–H and O–H groups in total. The van der Waals surface area contributed by atoms with E-state index >= 15 is 0 Å². The molecule has 0 aliphatic heterocycles. The summed E-state index contributed by atoms with van der Waals surface area (Å²) in [5, 5.41) is 0. The number of allylic oxidation sites excluding steroid dienone is 5. The predicted molar refractivity (Wildman–Crippen MR) is 91.3 cm³/mol. The van der Waals surface area contributed by atoms with Crippen LogP contribution in [-0.2, 0) is 11.3 Å². The zero-order valence-corrected chi connectivity index (χ0v) is 13.9. The first-order valence-electron chi connectivity index (χ1n) is 7.86. The Morgan fingerprint density at radius 3 is 2.57 bits per heavy atom. The summed E-state index contributed by atoms with van der Waals surface area (Å²) in [7, 11) is 0. The van der Waals surface area contributed by atoms with Gasteiger partial charge in [-0.25, -0.2) is 4.98 Å². The van der Waals surface area contributed by atoms with Crippen molar-refractivity contribution in [2.24, 2.45) is 5.73 Å². The summed E-state index contributed by atoms with van der Waals surface area (Å²) in [6, 6.07) is 0. The molecule has 0 atom stereocenters. The van der Waals surface area contributed by atoms with Crippen LogP contribution in [0.4, 0.5) is 0 Å². The van der Waals surface area contributed by atoms with Crippen molar-refractivity contribution in [3.05, 3.63) is 47.6 Å². The Hall–Kier alpha value is -2.27. The number of hydrogen-bond donors (Lipinski definition) is 1. The van der Waals surface area contributed by atoms with Gasteiger partial charge in [0.1, 0.15) is 17.2 Å². The third-order valence-corrected chi connectivity index (χ3v) is 3.83. The number of imidazole rings is 1. The van der Waals surface area contributed by atoms with Crippen LogP contribution < -0.4 is 5.73 Å². The molecule has 0 bridgehead atoms. The van der Waals surface area contributed by atoms with E-state index in [9.17, 15) is 9.59 Å². The highest BCUT2D eigenvalue weighted by Crippen LogP contribution is 2.34. The Bertz CT molecular complexity index is 721. The van der Waals surface area contributed by atoms with Crippen molar-refractivity contribution < 1.29 is 9.59 Å². The van der Waals surface area contributed by atoms with Crippen molar-refractivity contribution in [2.45, 2.75) is 39.7 Å². The van der Waals surface area contributed by atoms with Crippen molar-refractivity contribution >= 4 is 17.1 Å². The van der Waals surface area contributed by atoms with Gasteiger partial charge in [0, 0.05) is 23.6 Å². The standard InChI is InChI=1S/C18H23N3O2/c1-5-6-8-13-12(4)14-15(17(23)16(13)22)21(10-7-9-19)18(20-14)11(2)3/h5-6,8,11H,4,7,9-10,19H2,1-3H3/b6-5-,13-8+.